The van der Waals surface area contributed by atoms with Gasteiger partial charge in [0, 0.05) is 0 Å². The van der Waals surface area contributed by atoms with Gasteiger partial charge in [0.1, 0.15) is 0 Å². The van der Waals surface area contributed by atoms with E-state index in [4.69, 9.17) is 0 Å². The van der Waals surface area contributed by atoms with Crippen molar-refractivity contribution < 1.29 is 39.3 Å². The maximum absolute atomic E-state index is 0. The molecule has 4 nitrogen and oxygen atoms in total. The Labute approximate surface area is 40.2 Å². The monoisotopic (exact) mass is 121 g/mol. The minimum absolute atomic E-state index is 0. The fourth-order valence-corrected chi connectivity index (χ4v) is 0. The van der Waals surface area contributed by atoms with Crippen LogP contribution in [0.5, 0.6) is 0 Å². The molecule has 0 unspecified atom stereocenters. The Balaban J connectivity index is 0. The Morgan fingerprint density at radius 2 is 0.800 bits per heavy atom. The molecule has 0 spiro atoms. The molecule has 5 N–H and O–H groups in total. The fraction of sp³-hybridized carbons (Fsp3) is 0. The predicted octanol–water partition coefficient (Wildman–Crippen LogP) is -1.95. The van der Waals surface area contributed by atoms with Crippen molar-refractivity contribution >= 4 is 0 Å². The second-order valence-corrected chi connectivity index (χ2v) is 0. The van der Waals surface area contributed by atoms with Gasteiger partial charge in [0.2, 0.25) is 0 Å². The van der Waals surface area contributed by atoms with E-state index >= 15 is 0 Å². The zero-order valence-electron chi connectivity index (χ0n) is 2.26. The van der Waals surface area contributed by atoms with Crippen LogP contribution in [0, 0.1) is 0 Å². The van der Waals surface area contributed by atoms with Crippen LogP contribution in [0.15, 0.2) is 0 Å². The molecular weight excluding hydrogens is 116 g/mol. The molecule has 0 saturated heterocycles. The Morgan fingerprint density at radius 1 is 0.800 bits per heavy atom. The van der Waals surface area contributed by atoms with Crippen LogP contribution in [0.25, 0.3) is 0 Å². The number of rotatable bonds is 0. The van der Waals surface area contributed by atoms with Crippen LogP contribution in [-0.2, 0) is 22.8 Å². The van der Waals surface area contributed by atoms with Crippen molar-refractivity contribution in [2.75, 3.05) is 0 Å². The smallest absolute Gasteiger partial charge is 2.00 e. The van der Waals surface area contributed by atoms with Crippen LogP contribution in [0.1, 0.15) is 0 Å². The first-order valence-corrected chi connectivity index (χ1v) is 0. The van der Waals surface area contributed by atoms with Gasteiger partial charge in [0.15, 0.2) is 0 Å². The third kappa shape index (κ3) is 177. The summed E-state index contributed by atoms with van der Waals surface area (Å²) in [4.78, 5) is 0. The fourth-order valence-electron chi connectivity index (χ4n) is 0. The molecular formula is H5CrO4. The van der Waals surface area contributed by atoms with E-state index in [1.165, 1.54) is 0 Å². The van der Waals surface area contributed by atoms with Crippen LogP contribution in [0.2, 0.25) is 0 Å². The van der Waals surface area contributed by atoms with Gasteiger partial charge in [-0.3, -0.25) is 0 Å². The summed E-state index contributed by atoms with van der Waals surface area (Å²) in [5.41, 5.74) is 0. The third-order valence-electron chi connectivity index (χ3n) is 0. The first kappa shape index (κ1) is 740. The molecule has 5 heavy (non-hydrogen) atoms. The van der Waals surface area contributed by atoms with Crippen LogP contribution >= 0.6 is 0 Å². The van der Waals surface area contributed by atoms with Crippen LogP contribution in [-0.4, -0.2) is 16.4 Å². The molecule has 0 aromatic carbocycles. The maximum atomic E-state index is 0. The molecule has 0 saturated carbocycles. The molecule has 1 radical (unpaired) electrons. The summed E-state index contributed by atoms with van der Waals surface area (Å²) in [6.45, 7) is 0. The number of hydrogen-bond donors (Lipinski definition) is 0. The van der Waals surface area contributed by atoms with E-state index in [2.05, 4.69) is 0 Å². The molecule has 0 atom stereocenters. The minimum Gasteiger partial charge on any atom is -2.00 e. The van der Waals surface area contributed by atoms with E-state index in [0.717, 1.165) is 0 Å². The molecule has 0 fully saturated rings. The number of hydrogen-bond acceptors (Lipinski definition) is 1. The molecule has 0 aliphatic heterocycles. The Morgan fingerprint density at radius 3 is 0.800 bits per heavy atom. The molecule has 0 aliphatic rings. The SMILES string of the molecule is O.O.[Cr+3].[O-2].[OH-]. The van der Waals surface area contributed by atoms with Gasteiger partial charge in [0.25, 0.3) is 0 Å². The average Bonchev–Trinajstić information content (AvgIpc) is 0. The predicted molar refractivity (Wildman–Crippen MR) is 9.85 cm³/mol. The normalized spacial score (nSPS) is 0. The van der Waals surface area contributed by atoms with Gasteiger partial charge in [-0.1, -0.05) is 0 Å². The van der Waals surface area contributed by atoms with Crippen LogP contribution in [0.4, 0.5) is 0 Å². The summed E-state index contributed by atoms with van der Waals surface area (Å²) in [6.07, 6.45) is 0. The molecule has 5 heteroatoms. The Hall–Kier alpha value is 0.372. The maximum Gasteiger partial charge on any atom is 3.00 e. The summed E-state index contributed by atoms with van der Waals surface area (Å²) in [6, 6.07) is 0. The van der Waals surface area contributed by atoms with E-state index in [1.807, 2.05) is 0 Å². The minimum atomic E-state index is 0. The van der Waals surface area contributed by atoms with Crippen molar-refractivity contribution in [1.82, 2.24) is 0 Å². The van der Waals surface area contributed by atoms with Crippen LogP contribution < -0.4 is 0 Å². The quantitative estimate of drug-likeness (QED) is 0.363. The van der Waals surface area contributed by atoms with Crippen molar-refractivity contribution in [1.29, 1.82) is 0 Å². The van der Waals surface area contributed by atoms with Crippen molar-refractivity contribution in [2.45, 2.75) is 0 Å². The first-order chi connectivity index (χ1) is 0. The van der Waals surface area contributed by atoms with E-state index in [1.54, 1.807) is 0 Å². The summed E-state index contributed by atoms with van der Waals surface area (Å²) < 4.78 is 0. The van der Waals surface area contributed by atoms with Crippen LogP contribution in [0.3, 0.4) is 0 Å². The first-order valence-electron chi connectivity index (χ1n) is 0. The topological polar surface area (TPSA) is 122 Å². The molecule has 0 aromatic rings. The van der Waals surface area contributed by atoms with Crippen molar-refractivity contribution in [3.05, 3.63) is 0 Å². The third-order valence-corrected chi connectivity index (χ3v) is 0. The largest absolute Gasteiger partial charge is 3.00 e. The van der Waals surface area contributed by atoms with Crippen molar-refractivity contribution in [3.63, 3.8) is 0 Å². The second kappa shape index (κ2) is 358. The van der Waals surface area contributed by atoms with E-state index < -0.39 is 0 Å². The van der Waals surface area contributed by atoms with Gasteiger partial charge in [-0.15, -0.1) is 0 Å². The average molecular weight is 121 g/mol. The molecule has 0 aliphatic carbocycles. The summed E-state index contributed by atoms with van der Waals surface area (Å²) in [5.74, 6) is 0. The van der Waals surface area contributed by atoms with Gasteiger partial charge >= 0.3 is 17.4 Å². The van der Waals surface area contributed by atoms with Gasteiger partial charge in [-0.05, 0) is 0 Å². The zero-order chi connectivity index (χ0) is 0. The Bertz CT molecular complexity index is 3.61. The molecule has 35 valence electrons. The summed E-state index contributed by atoms with van der Waals surface area (Å²) >= 11 is 0. The molecule has 0 rings (SSSR count). The Kier molecular flexibility index (Phi) is 53100. The second-order valence-electron chi connectivity index (χ2n) is 0. The summed E-state index contributed by atoms with van der Waals surface area (Å²) in [5, 5.41) is 0. The van der Waals surface area contributed by atoms with E-state index in [9.17, 15) is 0 Å². The molecule has 0 aromatic heterocycles. The molecule has 0 heterocycles. The van der Waals surface area contributed by atoms with Gasteiger partial charge in [0.05, 0.1) is 0 Å². The standard InChI is InChI=1S/Cr.3H2O.O/h;3*1H2;/q+3;;;;-2/p-1. The molecule has 0 amide bonds. The summed E-state index contributed by atoms with van der Waals surface area (Å²) in [7, 11) is 0. The van der Waals surface area contributed by atoms with E-state index in [0.29, 0.717) is 0 Å². The van der Waals surface area contributed by atoms with Gasteiger partial charge in [-0.25, -0.2) is 0 Å². The van der Waals surface area contributed by atoms with Gasteiger partial charge in [-0.2, -0.15) is 0 Å². The van der Waals surface area contributed by atoms with Crippen molar-refractivity contribution in [3.8, 4) is 0 Å². The van der Waals surface area contributed by atoms with E-state index in [-0.39, 0.29) is 39.3 Å². The van der Waals surface area contributed by atoms with Crippen molar-refractivity contribution in [2.24, 2.45) is 0 Å². The molecule has 0 bridgehead atoms. The van der Waals surface area contributed by atoms with Gasteiger partial charge < -0.3 is 21.9 Å². The zero-order valence-corrected chi connectivity index (χ0v) is 3.54.